The number of aliphatic hydroxyl groups excluding tert-OH is 1. The maximum absolute atomic E-state index is 11.5. The molecule has 0 aliphatic carbocycles. The maximum Gasteiger partial charge on any atom is 0.407 e. The average molecular weight is 320 g/mol. The average Bonchev–Trinajstić information content (AvgIpc) is 2.43. The number of hydrogen-bond acceptors (Lipinski definition) is 4. The fourth-order valence-corrected chi connectivity index (χ4v) is 1.92. The Kier molecular flexibility index (Phi) is 7.26. The minimum atomic E-state index is -0.674. The van der Waals surface area contributed by atoms with Gasteiger partial charge < -0.3 is 20.5 Å². The zero-order valence-corrected chi connectivity index (χ0v) is 14.5. The Morgan fingerprint density at radius 2 is 2.04 bits per heavy atom. The van der Waals surface area contributed by atoms with Crippen molar-refractivity contribution >= 4 is 11.7 Å². The van der Waals surface area contributed by atoms with Crippen LogP contribution >= 0.6 is 0 Å². The number of allylic oxidation sites excluding steroid dienone is 1. The number of benzene rings is 1. The van der Waals surface area contributed by atoms with Crippen LogP contribution in [-0.4, -0.2) is 36.0 Å². The first-order valence-electron chi connectivity index (χ1n) is 7.78. The van der Waals surface area contributed by atoms with Crippen molar-refractivity contribution < 1.29 is 14.6 Å². The first kappa shape index (κ1) is 19.2. The van der Waals surface area contributed by atoms with Crippen LogP contribution in [0.5, 0.6) is 0 Å². The molecule has 128 valence electrons. The molecule has 0 saturated carbocycles. The molecule has 0 aliphatic rings. The van der Waals surface area contributed by atoms with E-state index in [9.17, 15) is 9.90 Å². The number of hydrogen-bond donors (Lipinski definition) is 3. The van der Waals surface area contributed by atoms with Crippen LogP contribution in [0.3, 0.4) is 0 Å². The van der Waals surface area contributed by atoms with Gasteiger partial charge in [-0.05, 0) is 38.8 Å². The Bertz CT molecular complexity index is 535. The van der Waals surface area contributed by atoms with Gasteiger partial charge in [-0.2, -0.15) is 0 Å². The molecule has 1 aromatic rings. The van der Waals surface area contributed by atoms with E-state index < -0.39 is 17.8 Å². The summed E-state index contributed by atoms with van der Waals surface area (Å²) in [5, 5.41) is 15.6. The van der Waals surface area contributed by atoms with Crippen molar-refractivity contribution in [2.24, 2.45) is 0 Å². The zero-order valence-electron chi connectivity index (χ0n) is 14.5. The summed E-state index contributed by atoms with van der Waals surface area (Å²) in [5.74, 6) is 0. The van der Waals surface area contributed by atoms with E-state index in [1.165, 1.54) is 0 Å². The van der Waals surface area contributed by atoms with Gasteiger partial charge in [0.1, 0.15) is 5.60 Å². The van der Waals surface area contributed by atoms with E-state index in [2.05, 4.69) is 23.3 Å². The molecule has 1 unspecified atom stereocenters. The van der Waals surface area contributed by atoms with Crippen molar-refractivity contribution in [1.82, 2.24) is 10.6 Å². The number of aliphatic hydroxyl groups is 1. The topological polar surface area (TPSA) is 70.6 Å². The molecule has 0 fully saturated rings. The van der Waals surface area contributed by atoms with Gasteiger partial charge in [0.05, 0.1) is 6.10 Å². The molecule has 0 saturated heterocycles. The maximum atomic E-state index is 11.5. The van der Waals surface area contributed by atoms with E-state index in [0.29, 0.717) is 13.1 Å². The number of rotatable bonds is 7. The monoisotopic (exact) mass is 320 g/mol. The molecule has 1 rings (SSSR count). The number of ether oxygens (including phenoxy) is 1. The van der Waals surface area contributed by atoms with Crippen LogP contribution in [0.4, 0.5) is 4.79 Å². The molecule has 0 spiro atoms. The normalized spacial score (nSPS) is 12.6. The third-order valence-electron chi connectivity index (χ3n) is 3.01. The fourth-order valence-electron chi connectivity index (χ4n) is 1.92. The second-order valence-corrected chi connectivity index (χ2v) is 6.65. The molecular formula is C18H28N2O3. The molecule has 3 N–H and O–H groups in total. The highest BCUT2D eigenvalue weighted by Crippen LogP contribution is 2.13. The molecule has 1 atom stereocenters. The summed E-state index contributed by atoms with van der Waals surface area (Å²) in [6, 6.07) is 8.10. The van der Waals surface area contributed by atoms with Gasteiger partial charge in [0, 0.05) is 19.6 Å². The lowest BCUT2D eigenvalue weighted by Gasteiger charge is -2.20. The molecule has 1 aromatic carbocycles. The van der Waals surface area contributed by atoms with Crippen LogP contribution in [-0.2, 0) is 11.3 Å². The summed E-state index contributed by atoms with van der Waals surface area (Å²) in [6.07, 6.45) is -1.20. The van der Waals surface area contributed by atoms with Crippen molar-refractivity contribution in [3.63, 3.8) is 0 Å². The SMILES string of the molecule is C=C(C)c1cccc(CNCC(O)CNC(=O)OC(C)(C)C)c1. The third-order valence-corrected chi connectivity index (χ3v) is 3.01. The van der Waals surface area contributed by atoms with E-state index in [-0.39, 0.29) is 6.54 Å². The summed E-state index contributed by atoms with van der Waals surface area (Å²) < 4.78 is 5.11. The smallest absolute Gasteiger partial charge is 0.407 e. The quantitative estimate of drug-likeness (QED) is 0.722. The van der Waals surface area contributed by atoms with Gasteiger partial charge in [-0.3, -0.25) is 0 Å². The van der Waals surface area contributed by atoms with Crippen LogP contribution < -0.4 is 10.6 Å². The molecule has 0 heterocycles. The number of nitrogens with one attached hydrogen (secondary N) is 2. The number of alkyl carbamates (subject to hydrolysis) is 1. The number of carbonyl (C=O) groups excluding carboxylic acids is 1. The molecule has 0 aliphatic heterocycles. The molecule has 23 heavy (non-hydrogen) atoms. The molecular weight excluding hydrogens is 292 g/mol. The first-order chi connectivity index (χ1) is 10.7. The van der Waals surface area contributed by atoms with Gasteiger partial charge in [0.2, 0.25) is 0 Å². The second-order valence-electron chi connectivity index (χ2n) is 6.65. The second kappa shape index (κ2) is 8.70. The zero-order chi connectivity index (χ0) is 17.5. The molecule has 0 aromatic heterocycles. The van der Waals surface area contributed by atoms with Crippen molar-refractivity contribution in [3.05, 3.63) is 42.0 Å². The van der Waals surface area contributed by atoms with E-state index in [1.54, 1.807) is 20.8 Å². The van der Waals surface area contributed by atoms with Crippen LogP contribution in [0.2, 0.25) is 0 Å². The van der Waals surface area contributed by atoms with Crippen LogP contribution in [0.15, 0.2) is 30.8 Å². The minimum absolute atomic E-state index is 0.147. The largest absolute Gasteiger partial charge is 0.444 e. The lowest BCUT2D eigenvalue weighted by molar-refractivity contribution is 0.0492. The molecule has 0 radical (unpaired) electrons. The lowest BCUT2D eigenvalue weighted by atomic mass is 10.1. The van der Waals surface area contributed by atoms with Gasteiger partial charge in [-0.1, -0.05) is 36.4 Å². The highest BCUT2D eigenvalue weighted by molar-refractivity contribution is 5.67. The van der Waals surface area contributed by atoms with Crippen molar-refractivity contribution in [1.29, 1.82) is 0 Å². The predicted octanol–water partition coefficient (Wildman–Crippen LogP) is 2.69. The Hall–Kier alpha value is -1.85. The van der Waals surface area contributed by atoms with E-state index in [1.807, 2.05) is 25.1 Å². The Morgan fingerprint density at radius 3 is 2.65 bits per heavy atom. The Labute approximate surface area is 138 Å². The molecule has 5 nitrogen and oxygen atoms in total. The Balaban J connectivity index is 2.29. The highest BCUT2D eigenvalue weighted by Gasteiger charge is 2.16. The third kappa shape index (κ3) is 8.38. The van der Waals surface area contributed by atoms with Gasteiger partial charge in [-0.25, -0.2) is 4.79 Å². The Morgan fingerprint density at radius 1 is 1.35 bits per heavy atom. The van der Waals surface area contributed by atoms with Gasteiger partial charge in [0.25, 0.3) is 0 Å². The summed E-state index contributed by atoms with van der Waals surface area (Å²) in [5.41, 5.74) is 2.71. The minimum Gasteiger partial charge on any atom is -0.444 e. The predicted molar refractivity (Wildman–Crippen MR) is 93.1 cm³/mol. The summed E-state index contributed by atoms with van der Waals surface area (Å²) in [6.45, 7) is 12.5. The molecule has 5 heteroatoms. The summed E-state index contributed by atoms with van der Waals surface area (Å²) in [4.78, 5) is 11.5. The highest BCUT2D eigenvalue weighted by atomic mass is 16.6. The standard InChI is InChI=1S/C18H28N2O3/c1-13(2)15-8-6-7-14(9-15)10-19-11-16(21)12-20-17(22)23-18(3,4)5/h6-9,16,19,21H,1,10-12H2,2-5H3,(H,20,22). The number of carbonyl (C=O) groups is 1. The summed E-state index contributed by atoms with van der Waals surface area (Å²) in [7, 11) is 0. The van der Waals surface area contributed by atoms with Gasteiger partial charge in [-0.15, -0.1) is 0 Å². The summed E-state index contributed by atoms with van der Waals surface area (Å²) >= 11 is 0. The van der Waals surface area contributed by atoms with Crippen LogP contribution in [0, 0.1) is 0 Å². The van der Waals surface area contributed by atoms with E-state index >= 15 is 0 Å². The van der Waals surface area contributed by atoms with Crippen molar-refractivity contribution in [2.45, 2.75) is 45.9 Å². The molecule has 0 bridgehead atoms. The molecule has 1 amide bonds. The van der Waals surface area contributed by atoms with Crippen molar-refractivity contribution in [2.75, 3.05) is 13.1 Å². The van der Waals surface area contributed by atoms with Crippen molar-refractivity contribution in [3.8, 4) is 0 Å². The van der Waals surface area contributed by atoms with Gasteiger partial charge in [0.15, 0.2) is 0 Å². The van der Waals surface area contributed by atoms with Gasteiger partial charge >= 0.3 is 6.09 Å². The van der Waals surface area contributed by atoms with Crippen LogP contribution in [0.25, 0.3) is 5.57 Å². The first-order valence-corrected chi connectivity index (χ1v) is 7.78. The lowest BCUT2D eigenvalue weighted by Crippen LogP contribution is -2.40. The van der Waals surface area contributed by atoms with E-state index in [4.69, 9.17) is 4.74 Å². The fraction of sp³-hybridized carbons (Fsp3) is 0.500. The van der Waals surface area contributed by atoms with Crippen LogP contribution in [0.1, 0.15) is 38.8 Å². The number of amides is 1. The van der Waals surface area contributed by atoms with E-state index in [0.717, 1.165) is 16.7 Å².